The normalized spacial score (nSPS) is 11.3. The van der Waals surface area contributed by atoms with Crippen LogP contribution < -0.4 is 10.3 Å². The molecule has 0 radical (unpaired) electrons. The number of benzene rings is 1. The van der Waals surface area contributed by atoms with Crippen LogP contribution in [0.4, 0.5) is 11.4 Å². The Hall–Kier alpha value is -3.00. The predicted molar refractivity (Wildman–Crippen MR) is 112 cm³/mol. The van der Waals surface area contributed by atoms with Gasteiger partial charge >= 0.3 is 5.56 Å². The Labute approximate surface area is 173 Å². The number of hydrogen-bond acceptors (Lipinski definition) is 6. The smallest absolute Gasteiger partial charge is 0.301 e. The number of nitrogens with zero attached hydrogens (tertiary/aromatic N) is 5. The average Bonchev–Trinajstić information content (AvgIpc) is 2.99. The van der Waals surface area contributed by atoms with Crippen LogP contribution in [0.3, 0.4) is 0 Å². The Morgan fingerprint density at radius 2 is 1.90 bits per heavy atom. The lowest BCUT2D eigenvalue weighted by atomic mass is 10.1. The number of aromatic amines is 1. The quantitative estimate of drug-likeness (QED) is 0.550. The molecule has 1 aromatic carbocycles. The molecule has 0 bridgehead atoms. The summed E-state index contributed by atoms with van der Waals surface area (Å²) in [6.45, 7) is 5.76. The number of azo groups is 1. The van der Waals surface area contributed by atoms with Crippen LogP contribution >= 0.6 is 11.6 Å². The molecule has 29 heavy (non-hydrogen) atoms. The van der Waals surface area contributed by atoms with Crippen LogP contribution in [-0.2, 0) is 6.42 Å². The number of methoxy groups -OCH3 is 1. The fraction of sp³-hybridized carbons (Fsp3) is 0.350. The molecule has 152 valence electrons. The number of ether oxygens (including phenoxy) is 1. The summed E-state index contributed by atoms with van der Waals surface area (Å²) in [5, 5.41) is 11.8. The van der Waals surface area contributed by atoms with Gasteiger partial charge in [-0.1, -0.05) is 24.9 Å². The third kappa shape index (κ3) is 4.54. The highest BCUT2D eigenvalue weighted by Crippen LogP contribution is 2.23. The second-order valence-corrected chi connectivity index (χ2v) is 7.04. The van der Waals surface area contributed by atoms with Crippen molar-refractivity contribution in [1.82, 2.24) is 19.7 Å². The first-order valence-corrected chi connectivity index (χ1v) is 9.73. The maximum absolute atomic E-state index is 12.9. The molecule has 0 unspecified atom stereocenters. The fourth-order valence-corrected chi connectivity index (χ4v) is 3.00. The Balaban J connectivity index is 1.98. The first kappa shape index (κ1) is 20.7. The van der Waals surface area contributed by atoms with Crippen LogP contribution in [0, 0.1) is 13.8 Å². The average molecular weight is 415 g/mol. The summed E-state index contributed by atoms with van der Waals surface area (Å²) >= 11 is 5.87. The van der Waals surface area contributed by atoms with E-state index in [1.54, 1.807) is 38.3 Å². The van der Waals surface area contributed by atoms with Crippen LogP contribution in [0.5, 0.6) is 5.88 Å². The molecule has 1 N–H and O–H groups in total. The van der Waals surface area contributed by atoms with Gasteiger partial charge in [0, 0.05) is 16.3 Å². The van der Waals surface area contributed by atoms with Gasteiger partial charge in [-0.05, 0) is 51.0 Å². The molecule has 8 nitrogen and oxygen atoms in total. The van der Waals surface area contributed by atoms with Gasteiger partial charge in [-0.3, -0.25) is 9.89 Å². The Kier molecular flexibility index (Phi) is 6.43. The summed E-state index contributed by atoms with van der Waals surface area (Å²) < 4.78 is 6.70. The van der Waals surface area contributed by atoms with Gasteiger partial charge < -0.3 is 4.74 Å². The Morgan fingerprint density at radius 3 is 2.55 bits per heavy atom. The molecular formula is C20H23ClN6O2. The fourth-order valence-electron chi connectivity index (χ4n) is 2.88. The SMILES string of the molecule is CCCCc1c(C)nc(-n2[nH]c(C)c(N=Nc3ccc(Cl)cc3)c2=O)nc1OC. The van der Waals surface area contributed by atoms with Crippen LogP contribution in [0.25, 0.3) is 5.95 Å². The summed E-state index contributed by atoms with van der Waals surface area (Å²) in [5.41, 5.74) is 2.69. The molecule has 0 saturated carbocycles. The number of rotatable bonds is 7. The van der Waals surface area contributed by atoms with E-state index in [4.69, 9.17) is 16.3 Å². The van der Waals surface area contributed by atoms with Crippen molar-refractivity contribution in [3.05, 3.63) is 56.6 Å². The van der Waals surface area contributed by atoms with Crippen molar-refractivity contribution in [1.29, 1.82) is 0 Å². The molecule has 3 rings (SSSR count). The molecule has 0 saturated heterocycles. The molecule has 0 fully saturated rings. The molecule has 0 aliphatic carbocycles. The molecular weight excluding hydrogens is 392 g/mol. The van der Waals surface area contributed by atoms with Crippen molar-refractivity contribution in [2.45, 2.75) is 40.0 Å². The predicted octanol–water partition coefficient (Wildman–Crippen LogP) is 4.99. The van der Waals surface area contributed by atoms with Crippen molar-refractivity contribution < 1.29 is 4.74 Å². The van der Waals surface area contributed by atoms with Crippen molar-refractivity contribution >= 4 is 23.0 Å². The zero-order valence-electron chi connectivity index (χ0n) is 16.9. The summed E-state index contributed by atoms with van der Waals surface area (Å²) in [6, 6.07) is 6.86. The van der Waals surface area contributed by atoms with E-state index >= 15 is 0 Å². The van der Waals surface area contributed by atoms with Gasteiger partial charge in [0.2, 0.25) is 5.88 Å². The second kappa shape index (κ2) is 9.00. The van der Waals surface area contributed by atoms with Gasteiger partial charge in [-0.15, -0.1) is 5.11 Å². The molecule has 0 spiro atoms. The summed E-state index contributed by atoms with van der Waals surface area (Å²) in [7, 11) is 1.56. The van der Waals surface area contributed by atoms with E-state index in [9.17, 15) is 4.79 Å². The van der Waals surface area contributed by atoms with Crippen LogP contribution in [0.15, 0.2) is 39.3 Å². The first-order valence-electron chi connectivity index (χ1n) is 9.35. The van der Waals surface area contributed by atoms with Gasteiger partial charge in [-0.25, -0.2) is 4.98 Å². The topological polar surface area (TPSA) is 97.5 Å². The molecule has 9 heteroatoms. The van der Waals surface area contributed by atoms with E-state index < -0.39 is 0 Å². The van der Waals surface area contributed by atoms with Gasteiger partial charge in [0.15, 0.2) is 5.69 Å². The van der Waals surface area contributed by atoms with E-state index in [0.717, 1.165) is 30.5 Å². The summed E-state index contributed by atoms with van der Waals surface area (Å²) in [6.07, 6.45) is 2.89. The number of H-pyrrole nitrogens is 1. The van der Waals surface area contributed by atoms with Gasteiger partial charge in [0.25, 0.3) is 5.95 Å². The number of aromatic nitrogens is 4. The number of halogens is 1. The molecule has 0 atom stereocenters. The monoisotopic (exact) mass is 414 g/mol. The number of aryl methyl sites for hydroxylation is 2. The van der Waals surface area contributed by atoms with E-state index in [2.05, 4.69) is 32.2 Å². The number of unbranched alkanes of at least 4 members (excludes halogenated alkanes) is 1. The van der Waals surface area contributed by atoms with Crippen LogP contribution in [0.1, 0.15) is 36.7 Å². The molecule has 2 heterocycles. The second-order valence-electron chi connectivity index (χ2n) is 6.60. The van der Waals surface area contributed by atoms with Gasteiger partial charge in [-0.2, -0.15) is 14.8 Å². The highest BCUT2D eigenvalue weighted by molar-refractivity contribution is 6.30. The molecule has 0 aliphatic heterocycles. The Bertz CT molecular complexity index is 1090. The standard InChI is InChI=1S/C20H23ClN6O2/c1-5-6-7-16-12(2)22-20(23-18(16)29-4)27-19(28)17(13(3)26-27)25-24-15-10-8-14(21)9-11-15/h8-11,26H,5-7H2,1-4H3. The maximum Gasteiger partial charge on any atom is 0.301 e. The van der Waals surface area contributed by atoms with Crippen molar-refractivity contribution in [2.75, 3.05) is 7.11 Å². The third-order valence-corrected chi connectivity index (χ3v) is 4.72. The molecule has 3 aromatic rings. The lowest BCUT2D eigenvalue weighted by Crippen LogP contribution is -2.18. The van der Waals surface area contributed by atoms with Crippen molar-refractivity contribution in [3.8, 4) is 11.8 Å². The zero-order chi connectivity index (χ0) is 21.0. The highest BCUT2D eigenvalue weighted by atomic mass is 35.5. The van der Waals surface area contributed by atoms with E-state index in [1.807, 2.05) is 6.92 Å². The first-order chi connectivity index (χ1) is 13.9. The van der Waals surface area contributed by atoms with E-state index in [-0.39, 0.29) is 17.2 Å². The minimum Gasteiger partial charge on any atom is -0.481 e. The summed E-state index contributed by atoms with van der Waals surface area (Å²) in [4.78, 5) is 21.8. The number of nitrogens with one attached hydrogen (secondary N) is 1. The number of hydrogen-bond donors (Lipinski definition) is 1. The molecule has 0 amide bonds. The van der Waals surface area contributed by atoms with Gasteiger partial charge in [0.05, 0.1) is 18.5 Å². The van der Waals surface area contributed by atoms with Crippen molar-refractivity contribution in [2.24, 2.45) is 10.2 Å². The zero-order valence-corrected chi connectivity index (χ0v) is 17.6. The summed E-state index contributed by atoms with van der Waals surface area (Å²) in [5.74, 6) is 0.685. The van der Waals surface area contributed by atoms with Gasteiger partial charge in [0.1, 0.15) is 0 Å². The molecule has 2 aromatic heterocycles. The largest absolute Gasteiger partial charge is 0.481 e. The van der Waals surface area contributed by atoms with Crippen LogP contribution in [0.2, 0.25) is 5.02 Å². The third-order valence-electron chi connectivity index (χ3n) is 4.47. The minimum atomic E-state index is -0.386. The van der Waals surface area contributed by atoms with Crippen molar-refractivity contribution in [3.63, 3.8) is 0 Å². The van der Waals surface area contributed by atoms with Crippen LogP contribution in [-0.4, -0.2) is 26.9 Å². The lowest BCUT2D eigenvalue weighted by Gasteiger charge is -2.11. The van der Waals surface area contributed by atoms with E-state index in [0.29, 0.717) is 22.3 Å². The van der Waals surface area contributed by atoms with E-state index in [1.165, 1.54) is 4.68 Å². The highest BCUT2D eigenvalue weighted by Gasteiger charge is 2.18. The maximum atomic E-state index is 12.9. The molecule has 0 aliphatic rings. The lowest BCUT2D eigenvalue weighted by molar-refractivity contribution is 0.388. The minimum absolute atomic E-state index is 0.190. The Morgan fingerprint density at radius 1 is 1.17 bits per heavy atom.